The van der Waals surface area contributed by atoms with E-state index >= 15 is 0 Å². The molecule has 0 saturated heterocycles. The van der Waals surface area contributed by atoms with Crippen LogP contribution >= 0.6 is 0 Å². The van der Waals surface area contributed by atoms with Crippen molar-refractivity contribution in [2.45, 2.75) is 44.0 Å². The Morgan fingerprint density at radius 3 is 2.56 bits per heavy atom. The minimum absolute atomic E-state index is 0.262. The highest BCUT2D eigenvalue weighted by atomic mass is 32.2. The highest BCUT2D eigenvalue weighted by molar-refractivity contribution is 7.89. The Morgan fingerprint density at radius 2 is 1.94 bits per heavy atom. The first kappa shape index (κ1) is 15.0. The van der Waals surface area contributed by atoms with Gasteiger partial charge in [0.1, 0.15) is 4.90 Å². The fourth-order valence-electron chi connectivity index (χ4n) is 1.78. The molecule has 1 rings (SSSR count). The fraction of sp³-hybridized carbons (Fsp3) is 0.538. The normalized spacial score (nSPS) is 13.3. The molecule has 0 aliphatic rings. The van der Waals surface area contributed by atoms with Crippen LogP contribution < -0.4 is 10.0 Å². The molecule has 0 aliphatic carbocycles. The molecule has 0 fully saturated rings. The maximum absolute atomic E-state index is 11.9. The second-order valence-corrected chi connectivity index (χ2v) is 6.25. The molecule has 0 amide bonds. The van der Waals surface area contributed by atoms with Crippen molar-refractivity contribution in [2.75, 3.05) is 12.4 Å². The largest absolute Gasteiger partial charge is 0.381 e. The van der Waals surface area contributed by atoms with Crippen molar-refractivity contribution in [3.63, 3.8) is 0 Å². The molecule has 1 aromatic carbocycles. The molecule has 0 aromatic heterocycles. The Kier molecular flexibility index (Phi) is 5.62. The summed E-state index contributed by atoms with van der Waals surface area (Å²) in [4.78, 5) is 0.302. The van der Waals surface area contributed by atoms with Gasteiger partial charge in [-0.05, 0) is 32.5 Å². The fourth-order valence-corrected chi connectivity index (χ4v) is 2.67. The smallest absolute Gasteiger partial charge is 0.242 e. The summed E-state index contributed by atoms with van der Waals surface area (Å²) in [5.41, 5.74) is 0.662. The van der Waals surface area contributed by atoms with Gasteiger partial charge in [-0.15, -0.1) is 0 Å². The van der Waals surface area contributed by atoms with E-state index in [9.17, 15) is 8.42 Å². The van der Waals surface area contributed by atoms with Crippen molar-refractivity contribution >= 4 is 15.7 Å². The van der Waals surface area contributed by atoms with Crippen LogP contribution in [-0.2, 0) is 10.0 Å². The van der Waals surface area contributed by atoms with E-state index in [-0.39, 0.29) is 6.04 Å². The molecule has 4 nitrogen and oxygen atoms in total. The number of hydrogen-bond acceptors (Lipinski definition) is 3. The molecule has 0 radical (unpaired) electrons. The summed E-state index contributed by atoms with van der Waals surface area (Å²) in [7, 11) is -1.98. The monoisotopic (exact) mass is 270 g/mol. The standard InChI is InChI=1S/C13H22N2O2S/c1-4-5-8-11(2)15-12-9-6-7-10-13(12)18(16,17)14-3/h6-7,9-11,14-15H,4-5,8H2,1-3H3. The SMILES string of the molecule is CCCCC(C)Nc1ccccc1S(=O)(=O)NC. The van der Waals surface area contributed by atoms with E-state index in [0.29, 0.717) is 10.6 Å². The Bertz CT molecular complexity index is 472. The van der Waals surface area contributed by atoms with Gasteiger partial charge in [-0.1, -0.05) is 31.9 Å². The third-order valence-corrected chi connectivity index (χ3v) is 4.31. The van der Waals surface area contributed by atoms with Crippen molar-refractivity contribution < 1.29 is 8.42 Å². The summed E-state index contributed by atoms with van der Waals surface area (Å²) in [6.07, 6.45) is 3.31. The summed E-state index contributed by atoms with van der Waals surface area (Å²) >= 11 is 0. The zero-order valence-electron chi connectivity index (χ0n) is 11.2. The molecule has 0 bridgehead atoms. The lowest BCUT2D eigenvalue weighted by Gasteiger charge is -2.17. The summed E-state index contributed by atoms with van der Waals surface area (Å²) in [5, 5.41) is 3.27. The first-order valence-electron chi connectivity index (χ1n) is 6.30. The maximum Gasteiger partial charge on any atom is 0.242 e. The van der Waals surface area contributed by atoms with Crippen molar-refractivity contribution in [3.8, 4) is 0 Å². The molecule has 0 aliphatic heterocycles. The van der Waals surface area contributed by atoms with Crippen LogP contribution in [0.4, 0.5) is 5.69 Å². The second-order valence-electron chi connectivity index (χ2n) is 4.39. The van der Waals surface area contributed by atoms with Crippen molar-refractivity contribution in [1.82, 2.24) is 4.72 Å². The molecule has 1 atom stereocenters. The summed E-state index contributed by atoms with van der Waals surface area (Å²) in [5.74, 6) is 0. The number of anilines is 1. The van der Waals surface area contributed by atoms with E-state index in [1.807, 2.05) is 6.07 Å². The van der Waals surface area contributed by atoms with Gasteiger partial charge in [-0.2, -0.15) is 0 Å². The van der Waals surface area contributed by atoms with E-state index in [4.69, 9.17) is 0 Å². The highest BCUT2D eigenvalue weighted by Gasteiger charge is 2.16. The summed E-state index contributed by atoms with van der Waals surface area (Å²) < 4.78 is 26.1. The molecule has 18 heavy (non-hydrogen) atoms. The average Bonchev–Trinajstić information content (AvgIpc) is 2.37. The lowest BCUT2D eigenvalue weighted by atomic mass is 10.1. The molecule has 2 N–H and O–H groups in total. The van der Waals surface area contributed by atoms with Crippen LogP contribution in [0.1, 0.15) is 33.1 Å². The third kappa shape index (κ3) is 3.99. The molecule has 1 aromatic rings. The van der Waals surface area contributed by atoms with Gasteiger partial charge in [-0.25, -0.2) is 13.1 Å². The summed E-state index contributed by atoms with van der Waals surface area (Å²) in [6, 6.07) is 7.24. The van der Waals surface area contributed by atoms with Crippen LogP contribution in [-0.4, -0.2) is 21.5 Å². The van der Waals surface area contributed by atoms with Gasteiger partial charge in [-0.3, -0.25) is 0 Å². The lowest BCUT2D eigenvalue weighted by molar-refractivity contribution is 0.588. The first-order valence-corrected chi connectivity index (χ1v) is 7.78. The highest BCUT2D eigenvalue weighted by Crippen LogP contribution is 2.21. The van der Waals surface area contributed by atoms with E-state index in [1.165, 1.54) is 7.05 Å². The number of para-hydroxylation sites is 1. The topological polar surface area (TPSA) is 58.2 Å². The minimum atomic E-state index is -3.41. The number of hydrogen-bond donors (Lipinski definition) is 2. The average molecular weight is 270 g/mol. The van der Waals surface area contributed by atoms with Crippen LogP contribution in [0.2, 0.25) is 0 Å². The molecular formula is C13H22N2O2S. The van der Waals surface area contributed by atoms with E-state index in [1.54, 1.807) is 18.2 Å². The van der Waals surface area contributed by atoms with Crippen LogP contribution in [0.25, 0.3) is 0 Å². The van der Waals surface area contributed by atoms with Crippen LogP contribution in [0.5, 0.6) is 0 Å². The molecule has 102 valence electrons. The van der Waals surface area contributed by atoms with Gasteiger partial charge in [0.25, 0.3) is 0 Å². The number of sulfonamides is 1. The third-order valence-electron chi connectivity index (χ3n) is 2.84. The predicted molar refractivity (Wildman–Crippen MR) is 75.3 cm³/mol. The maximum atomic E-state index is 11.9. The van der Waals surface area contributed by atoms with Crippen LogP contribution in [0.15, 0.2) is 29.2 Å². The van der Waals surface area contributed by atoms with Crippen LogP contribution in [0, 0.1) is 0 Å². The van der Waals surface area contributed by atoms with Gasteiger partial charge >= 0.3 is 0 Å². The van der Waals surface area contributed by atoms with Gasteiger partial charge < -0.3 is 5.32 Å². The lowest BCUT2D eigenvalue weighted by Crippen LogP contribution is -2.22. The van der Waals surface area contributed by atoms with Gasteiger partial charge in [0.2, 0.25) is 10.0 Å². The van der Waals surface area contributed by atoms with E-state index in [0.717, 1.165) is 19.3 Å². The zero-order valence-corrected chi connectivity index (χ0v) is 12.0. The molecule has 0 saturated carbocycles. The Hall–Kier alpha value is -1.07. The quantitative estimate of drug-likeness (QED) is 0.800. The molecule has 0 heterocycles. The van der Waals surface area contributed by atoms with Crippen molar-refractivity contribution in [2.24, 2.45) is 0 Å². The van der Waals surface area contributed by atoms with Gasteiger partial charge in [0.05, 0.1) is 5.69 Å². The second kappa shape index (κ2) is 6.75. The molecule has 0 spiro atoms. The van der Waals surface area contributed by atoms with E-state index < -0.39 is 10.0 Å². The number of nitrogens with one attached hydrogen (secondary N) is 2. The van der Waals surface area contributed by atoms with Crippen molar-refractivity contribution in [1.29, 1.82) is 0 Å². The molecular weight excluding hydrogens is 248 g/mol. The zero-order chi connectivity index (χ0) is 13.6. The summed E-state index contributed by atoms with van der Waals surface area (Å²) in [6.45, 7) is 4.21. The Morgan fingerprint density at radius 1 is 1.28 bits per heavy atom. The Balaban J connectivity index is 2.90. The van der Waals surface area contributed by atoms with Gasteiger partial charge in [0, 0.05) is 6.04 Å². The number of unbranched alkanes of at least 4 members (excludes halogenated alkanes) is 1. The van der Waals surface area contributed by atoms with Gasteiger partial charge in [0.15, 0.2) is 0 Å². The minimum Gasteiger partial charge on any atom is -0.381 e. The van der Waals surface area contributed by atoms with Crippen LogP contribution in [0.3, 0.4) is 0 Å². The first-order chi connectivity index (χ1) is 8.51. The number of benzene rings is 1. The number of rotatable bonds is 7. The molecule has 1 unspecified atom stereocenters. The Labute approximate surface area is 110 Å². The van der Waals surface area contributed by atoms with E-state index in [2.05, 4.69) is 23.9 Å². The predicted octanol–water partition coefficient (Wildman–Crippen LogP) is 2.59. The molecule has 5 heteroatoms. The van der Waals surface area contributed by atoms with Crippen molar-refractivity contribution in [3.05, 3.63) is 24.3 Å².